The van der Waals surface area contributed by atoms with Crippen molar-refractivity contribution in [3.63, 3.8) is 0 Å². The molecular formula is C10H12NO3-. The fourth-order valence-electron chi connectivity index (χ4n) is 1.16. The molecule has 14 heavy (non-hydrogen) atoms. The Bertz CT molecular complexity index is 287. The van der Waals surface area contributed by atoms with Gasteiger partial charge in [0.2, 0.25) is 0 Å². The molecule has 0 fully saturated rings. The Morgan fingerprint density at radius 3 is 2.50 bits per heavy atom. The van der Waals surface area contributed by atoms with Crippen LogP contribution < -0.4 is 5.11 Å². The second-order valence-electron chi connectivity index (χ2n) is 2.90. The van der Waals surface area contributed by atoms with E-state index in [0.29, 0.717) is 0 Å². The average molecular weight is 194 g/mol. The van der Waals surface area contributed by atoms with Crippen LogP contribution in [0.1, 0.15) is 5.56 Å². The van der Waals surface area contributed by atoms with Crippen molar-refractivity contribution >= 4 is 6.09 Å². The average Bonchev–Trinajstić information content (AvgIpc) is 2.18. The van der Waals surface area contributed by atoms with Crippen LogP contribution in [0.3, 0.4) is 0 Å². The molecule has 0 radical (unpaired) electrons. The van der Waals surface area contributed by atoms with Gasteiger partial charge in [-0.1, -0.05) is 30.3 Å². The number of aliphatic hydroxyl groups is 1. The molecular weight excluding hydrogens is 182 g/mol. The summed E-state index contributed by atoms with van der Waals surface area (Å²) in [6.07, 6.45) is -1.26. The van der Waals surface area contributed by atoms with E-state index in [1.165, 1.54) is 0 Å². The summed E-state index contributed by atoms with van der Waals surface area (Å²) in [6.45, 7) is 0.141. The topological polar surface area (TPSA) is 63.6 Å². The second-order valence-corrected chi connectivity index (χ2v) is 2.90. The zero-order valence-electron chi connectivity index (χ0n) is 7.72. The summed E-state index contributed by atoms with van der Waals surface area (Å²) < 4.78 is 0. The smallest absolute Gasteiger partial charge is 0.137 e. The third-order valence-electron chi connectivity index (χ3n) is 1.84. The maximum absolute atomic E-state index is 10.6. The molecule has 0 bridgehead atoms. The maximum atomic E-state index is 10.6. The van der Waals surface area contributed by atoms with Crippen LogP contribution in [0.2, 0.25) is 0 Å². The van der Waals surface area contributed by atoms with Crippen LogP contribution in [0.4, 0.5) is 4.79 Å². The second kappa shape index (κ2) is 5.24. The van der Waals surface area contributed by atoms with E-state index in [1.807, 2.05) is 30.3 Å². The van der Waals surface area contributed by atoms with Crippen LogP contribution >= 0.6 is 0 Å². The zero-order valence-corrected chi connectivity index (χ0v) is 7.72. The lowest BCUT2D eigenvalue weighted by Gasteiger charge is -2.23. The van der Waals surface area contributed by atoms with E-state index in [1.54, 1.807) is 0 Å². The molecule has 0 spiro atoms. The van der Waals surface area contributed by atoms with Gasteiger partial charge < -0.3 is 19.9 Å². The zero-order chi connectivity index (χ0) is 10.4. The predicted molar refractivity (Wildman–Crippen MR) is 49.3 cm³/mol. The highest BCUT2D eigenvalue weighted by Crippen LogP contribution is 2.03. The molecule has 1 rings (SSSR count). The van der Waals surface area contributed by atoms with E-state index in [9.17, 15) is 9.90 Å². The van der Waals surface area contributed by atoms with Crippen molar-refractivity contribution in [2.45, 2.75) is 6.54 Å². The maximum Gasteiger partial charge on any atom is 0.137 e. The molecule has 0 saturated carbocycles. The molecule has 0 aromatic heterocycles. The fourth-order valence-corrected chi connectivity index (χ4v) is 1.16. The molecule has 4 nitrogen and oxygen atoms in total. The standard InChI is InChI=1S/C10H13NO3/c12-7-6-11(10(13)14)8-9-4-2-1-3-5-9/h1-5,12H,6-8H2,(H,13,14)/p-1. The summed E-state index contributed by atoms with van der Waals surface area (Å²) in [5, 5.41) is 19.2. The molecule has 76 valence electrons. The SMILES string of the molecule is O=C([O-])N(CCO)Cc1ccccc1. The van der Waals surface area contributed by atoms with E-state index in [2.05, 4.69) is 0 Å². The van der Waals surface area contributed by atoms with Crippen molar-refractivity contribution < 1.29 is 15.0 Å². The molecule has 0 heterocycles. The minimum absolute atomic E-state index is 0.0806. The van der Waals surface area contributed by atoms with Crippen LogP contribution in [0.25, 0.3) is 0 Å². The highest BCUT2D eigenvalue weighted by molar-refractivity contribution is 5.62. The minimum Gasteiger partial charge on any atom is -0.530 e. The Morgan fingerprint density at radius 2 is 2.00 bits per heavy atom. The summed E-state index contributed by atoms with van der Waals surface area (Å²) in [5.41, 5.74) is 0.880. The highest BCUT2D eigenvalue weighted by atomic mass is 16.4. The number of hydrogen-bond acceptors (Lipinski definition) is 3. The van der Waals surface area contributed by atoms with Gasteiger partial charge in [0.25, 0.3) is 0 Å². The number of carboxylic acid groups (broad SMARTS) is 1. The normalized spacial score (nSPS) is 9.79. The quantitative estimate of drug-likeness (QED) is 0.723. The Labute approximate surface area is 82.4 Å². The minimum atomic E-state index is -1.26. The number of carbonyl (C=O) groups excluding carboxylic acids is 1. The van der Waals surface area contributed by atoms with Gasteiger partial charge in [-0.15, -0.1) is 0 Å². The Morgan fingerprint density at radius 1 is 1.36 bits per heavy atom. The Balaban J connectivity index is 2.60. The molecule has 0 aliphatic heterocycles. The van der Waals surface area contributed by atoms with Gasteiger partial charge in [0.15, 0.2) is 0 Å². The Hall–Kier alpha value is -1.55. The summed E-state index contributed by atoms with van der Waals surface area (Å²) in [5.74, 6) is 0. The van der Waals surface area contributed by atoms with Crippen molar-refractivity contribution in [3.8, 4) is 0 Å². The molecule has 0 atom stereocenters. The van der Waals surface area contributed by atoms with Gasteiger partial charge in [0.1, 0.15) is 6.09 Å². The van der Waals surface area contributed by atoms with Crippen LogP contribution in [-0.2, 0) is 6.54 Å². The van der Waals surface area contributed by atoms with Gasteiger partial charge in [0, 0.05) is 13.1 Å². The summed E-state index contributed by atoms with van der Waals surface area (Å²) in [6, 6.07) is 9.18. The van der Waals surface area contributed by atoms with E-state index in [4.69, 9.17) is 5.11 Å². The fraction of sp³-hybridized carbons (Fsp3) is 0.300. The molecule has 1 amide bonds. The van der Waals surface area contributed by atoms with Crippen LogP contribution in [0.15, 0.2) is 30.3 Å². The van der Waals surface area contributed by atoms with Crippen LogP contribution in [0.5, 0.6) is 0 Å². The number of rotatable bonds is 4. The van der Waals surface area contributed by atoms with Crippen LogP contribution in [-0.4, -0.2) is 29.3 Å². The van der Waals surface area contributed by atoms with E-state index in [0.717, 1.165) is 10.5 Å². The van der Waals surface area contributed by atoms with Crippen molar-refractivity contribution in [2.24, 2.45) is 0 Å². The number of carbonyl (C=O) groups is 1. The molecule has 4 heteroatoms. The number of hydrogen-bond donors (Lipinski definition) is 1. The third kappa shape index (κ3) is 3.06. The van der Waals surface area contributed by atoms with Crippen molar-refractivity contribution in [3.05, 3.63) is 35.9 Å². The first-order valence-corrected chi connectivity index (χ1v) is 4.34. The van der Waals surface area contributed by atoms with E-state index in [-0.39, 0.29) is 19.7 Å². The van der Waals surface area contributed by atoms with Crippen molar-refractivity contribution in [1.29, 1.82) is 0 Å². The summed E-state index contributed by atoms with van der Waals surface area (Å²) in [4.78, 5) is 11.7. The molecule has 0 aliphatic rings. The van der Waals surface area contributed by atoms with Crippen LogP contribution in [0, 0.1) is 0 Å². The van der Waals surface area contributed by atoms with Gasteiger partial charge in [0.05, 0.1) is 6.61 Å². The molecule has 1 aromatic rings. The molecule has 1 aromatic carbocycles. The Kier molecular flexibility index (Phi) is 3.94. The first-order chi connectivity index (χ1) is 6.74. The lowest BCUT2D eigenvalue weighted by atomic mass is 10.2. The number of nitrogens with zero attached hydrogens (tertiary/aromatic N) is 1. The molecule has 0 saturated heterocycles. The van der Waals surface area contributed by atoms with E-state index < -0.39 is 6.09 Å². The highest BCUT2D eigenvalue weighted by Gasteiger charge is 2.03. The lowest BCUT2D eigenvalue weighted by molar-refractivity contribution is -0.266. The number of aliphatic hydroxyl groups excluding tert-OH is 1. The number of amides is 1. The van der Waals surface area contributed by atoms with Gasteiger partial charge in [-0.3, -0.25) is 0 Å². The van der Waals surface area contributed by atoms with Gasteiger partial charge in [-0.05, 0) is 5.56 Å². The van der Waals surface area contributed by atoms with Crippen molar-refractivity contribution in [1.82, 2.24) is 4.90 Å². The van der Waals surface area contributed by atoms with Gasteiger partial charge >= 0.3 is 0 Å². The first kappa shape index (κ1) is 10.5. The monoisotopic (exact) mass is 194 g/mol. The van der Waals surface area contributed by atoms with Gasteiger partial charge in [-0.25, -0.2) is 0 Å². The van der Waals surface area contributed by atoms with Crippen molar-refractivity contribution in [2.75, 3.05) is 13.2 Å². The van der Waals surface area contributed by atoms with Gasteiger partial charge in [-0.2, -0.15) is 0 Å². The molecule has 0 unspecified atom stereocenters. The summed E-state index contributed by atoms with van der Waals surface area (Å²) >= 11 is 0. The molecule has 0 aliphatic carbocycles. The first-order valence-electron chi connectivity index (χ1n) is 4.34. The lowest BCUT2D eigenvalue weighted by Crippen LogP contribution is -2.42. The summed E-state index contributed by atoms with van der Waals surface area (Å²) in [7, 11) is 0. The predicted octanol–water partition coefficient (Wildman–Crippen LogP) is -0.176. The number of benzene rings is 1. The third-order valence-corrected chi connectivity index (χ3v) is 1.84. The molecule has 1 N–H and O–H groups in total. The van der Waals surface area contributed by atoms with E-state index >= 15 is 0 Å². The largest absolute Gasteiger partial charge is 0.530 e.